The third kappa shape index (κ3) is 4.96. The number of carbonyl (C=O) groups is 1. The number of aromatic hydroxyl groups is 1. The highest BCUT2D eigenvalue weighted by atomic mass is 16.5. The first kappa shape index (κ1) is 24.2. The van der Waals surface area contributed by atoms with Gasteiger partial charge in [-0.2, -0.15) is 0 Å². The molecule has 8 nitrogen and oxygen atoms in total. The highest BCUT2D eigenvalue weighted by Gasteiger charge is 2.30. The largest absolute Gasteiger partial charge is 0.502 e. The maximum atomic E-state index is 13.3. The van der Waals surface area contributed by atoms with Gasteiger partial charge in [0.05, 0.1) is 33.3 Å². The van der Waals surface area contributed by atoms with E-state index in [1.54, 1.807) is 52.5 Å². The average molecular weight is 480 g/mol. The molecular weight excluding hydrogens is 450 g/mol. The van der Waals surface area contributed by atoms with Gasteiger partial charge in [0.1, 0.15) is 11.5 Å². The zero-order chi connectivity index (χ0) is 25.1. The number of carbonyl (C=O) groups excluding carboxylic acids is 1. The Bertz CT molecular complexity index is 1280. The molecule has 1 aliphatic carbocycles. The predicted molar refractivity (Wildman–Crippen MR) is 130 cm³/mol. The number of methoxy groups -OCH3 is 3. The fourth-order valence-electron chi connectivity index (χ4n) is 4.58. The normalized spacial score (nSPS) is 15.3. The van der Waals surface area contributed by atoms with Crippen molar-refractivity contribution in [3.63, 3.8) is 0 Å². The lowest BCUT2D eigenvalue weighted by Crippen LogP contribution is -2.29. The van der Waals surface area contributed by atoms with Crippen LogP contribution in [0.15, 0.2) is 51.7 Å². The minimum absolute atomic E-state index is 0.0224. The van der Waals surface area contributed by atoms with Gasteiger partial charge in [-0.25, -0.2) is 0 Å². The van der Waals surface area contributed by atoms with Crippen LogP contribution in [0.2, 0.25) is 0 Å². The van der Waals surface area contributed by atoms with Crippen LogP contribution in [0, 0.1) is 6.92 Å². The lowest BCUT2D eigenvalue weighted by Gasteiger charge is -2.20. The van der Waals surface area contributed by atoms with Gasteiger partial charge in [-0.1, -0.05) is 12.1 Å². The number of hydrogen-bond acceptors (Lipinski definition) is 7. The molecule has 35 heavy (non-hydrogen) atoms. The first-order valence-corrected chi connectivity index (χ1v) is 11.4. The van der Waals surface area contributed by atoms with Crippen molar-refractivity contribution < 1.29 is 28.5 Å². The van der Waals surface area contributed by atoms with Crippen molar-refractivity contribution in [1.82, 2.24) is 5.32 Å². The average Bonchev–Trinajstić information content (AvgIpc) is 3.25. The Hall–Kier alpha value is -3.94. The molecule has 0 spiro atoms. The molecule has 1 amide bonds. The van der Waals surface area contributed by atoms with Crippen molar-refractivity contribution in [1.29, 1.82) is 0 Å². The fourth-order valence-corrected chi connectivity index (χ4v) is 4.58. The first-order valence-electron chi connectivity index (χ1n) is 11.4. The minimum Gasteiger partial charge on any atom is -0.502 e. The van der Waals surface area contributed by atoms with Crippen molar-refractivity contribution >= 4 is 5.91 Å². The topological polar surface area (TPSA) is 107 Å². The Morgan fingerprint density at radius 3 is 2.43 bits per heavy atom. The van der Waals surface area contributed by atoms with Gasteiger partial charge < -0.3 is 29.1 Å². The van der Waals surface area contributed by atoms with Crippen molar-refractivity contribution in [2.45, 2.75) is 38.1 Å². The zero-order valence-electron chi connectivity index (χ0n) is 20.2. The molecular formula is C27H29NO7. The van der Waals surface area contributed by atoms with E-state index in [9.17, 15) is 14.7 Å². The number of fused-ring (bicyclic) bond motifs is 1. The van der Waals surface area contributed by atoms with Crippen LogP contribution in [0.5, 0.6) is 23.0 Å². The molecule has 1 aliphatic rings. The number of aryl methyl sites for hydroxylation is 2. The van der Waals surface area contributed by atoms with E-state index in [1.807, 2.05) is 12.1 Å². The number of hydrogen-bond donors (Lipinski definition) is 2. The summed E-state index contributed by atoms with van der Waals surface area (Å²) < 4.78 is 21.8. The van der Waals surface area contributed by atoms with Gasteiger partial charge >= 0.3 is 0 Å². The Morgan fingerprint density at radius 2 is 1.77 bits per heavy atom. The van der Waals surface area contributed by atoms with E-state index in [2.05, 4.69) is 5.32 Å². The third-order valence-electron chi connectivity index (χ3n) is 6.35. The van der Waals surface area contributed by atoms with Gasteiger partial charge in [-0.15, -0.1) is 0 Å². The number of benzene rings is 2. The van der Waals surface area contributed by atoms with Crippen molar-refractivity contribution in [3.05, 3.63) is 80.9 Å². The van der Waals surface area contributed by atoms with Crippen LogP contribution in [0.25, 0.3) is 0 Å². The van der Waals surface area contributed by atoms with Crippen LogP contribution < -0.4 is 25.0 Å². The number of ether oxygens (including phenoxy) is 3. The zero-order valence-corrected chi connectivity index (χ0v) is 20.2. The molecule has 4 rings (SSSR count). The molecule has 2 unspecified atom stereocenters. The van der Waals surface area contributed by atoms with Gasteiger partial charge in [0.25, 0.3) is 0 Å². The maximum absolute atomic E-state index is 13.3. The van der Waals surface area contributed by atoms with Gasteiger partial charge in [0.15, 0.2) is 17.3 Å². The monoisotopic (exact) mass is 479 g/mol. The molecule has 0 radical (unpaired) electrons. The van der Waals surface area contributed by atoms with E-state index in [0.29, 0.717) is 28.6 Å². The molecule has 2 aromatic carbocycles. The second-order valence-electron chi connectivity index (χ2n) is 8.53. The van der Waals surface area contributed by atoms with Gasteiger partial charge in [-0.05, 0) is 60.7 Å². The van der Waals surface area contributed by atoms with E-state index in [-0.39, 0.29) is 24.1 Å². The van der Waals surface area contributed by atoms with Gasteiger partial charge in [0.2, 0.25) is 17.1 Å². The summed E-state index contributed by atoms with van der Waals surface area (Å²) in [7, 11) is 4.74. The summed E-state index contributed by atoms with van der Waals surface area (Å²) in [6.07, 6.45) is 1.52. The molecule has 8 heteroatoms. The maximum Gasteiger partial charge on any atom is 0.227 e. The van der Waals surface area contributed by atoms with Crippen molar-refractivity contribution in [2.75, 3.05) is 21.3 Å². The molecule has 1 heterocycles. The summed E-state index contributed by atoms with van der Waals surface area (Å²) in [6.45, 7) is 1.63. The Morgan fingerprint density at radius 1 is 1.09 bits per heavy atom. The molecule has 1 aromatic heterocycles. The van der Waals surface area contributed by atoms with Crippen LogP contribution in [-0.4, -0.2) is 32.3 Å². The Labute approximate surface area is 203 Å². The van der Waals surface area contributed by atoms with Gasteiger partial charge in [-0.3, -0.25) is 9.59 Å². The second-order valence-corrected chi connectivity index (χ2v) is 8.53. The van der Waals surface area contributed by atoms with Crippen LogP contribution in [0.3, 0.4) is 0 Å². The summed E-state index contributed by atoms with van der Waals surface area (Å²) in [5, 5.41) is 13.6. The quantitative estimate of drug-likeness (QED) is 0.503. The molecule has 0 fully saturated rings. The lowest BCUT2D eigenvalue weighted by molar-refractivity contribution is -0.122. The van der Waals surface area contributed by atoms with Gasteiger partial charge in [0, 0.05) is 12.5 Å². The highest BCUT2D eigenvalue weighted by molar-refractivity contribution is 5.78. The van der Waals surface area contributed by atoms with E-state index in [4.69, 9.17) is 18.6 Å². The molecule has 0 saturated carbocycles. The van der Waals surface area contributed by atoms with Crippen molar-refractivity contribution in [3.8, 4) is 23.0 Å². The molecule has 184 valence electrons. The molecule has 3 aromatic rings. The molecule has 2 atom stereocenters. The highest BCUT2D eigenvalue weighted by Crippen LogP contribution is 2.40. The Balaban J connectivity index is 1.62. The third-order valence-corrected chi connectivity index (χ3v) is 6.35. The number of nitrogens with one attached hydrogen (secondary N) is 1. The molecule has 0 bridgehead atoms. The van der Waals surface area contributed by atoms with Crippen molar-refractivity contribution in [2.24, 2.45) is 0 Å². The summed E-state index contributed by atoms with van der Waals surface area (Å²) >= 11 is 0. The molecule has 2 N–H and O–H groups in total. The minimum atomic E-state index is -0.667. The summed E-state index contributed by atoms with van der Waals surface area (Å²) in [5.74, 6) is 0.937. The summed E-state index contributed by atoms with van der Waals surface area (Å²) in [6, 6.07) is 12.0. The van der Waals surface area contributed by atoms with Crippen LogP contribution >= 0.6 is 0 Å². The lowest BCUT2D eigenvalue weighted by atomic mass is 9.91. The molecule has 0 saturated heterocycles. The smallest absolute Gasteiger partial charge is 0.227 e. The summed E-state index contributed by atoms with van der Waals surface area (Å²) in [4.78, 5) is 25.5. The fraction of sp³-hybridized carbons (Fsp3) is 0.333. The standard InChI is InChI=1S/C27H29NO7/c1-15-11-22(29)26(31)27(35-15)20(16-5-8-18(32-2)9-6-16)14-25(30)28-21-10-7-17-12-23(33-3)24(34-4)13-19(17)21/h5-6,8-9,11-13,20-21,31H,7,10,14H2,1-4H3,(H,28,30). The number of amides is 1. The van der Waals surface area contributed by atoms with E-state index >= 15 is 0 Å². The first-order chi connectivity index (χ1) is 16.8. The van der Waals surface area contributed by atoms with Crippen LogP contribution in [-0.2, 0) is 11.2 Å². The summed E-state index contributed by atoms with van der Waals surface area (Å²) in [5.41, 5.74) is 2.25. The molecule has 0 aliphatic heterocycles. The van der Waals surface area contributed by atoms with E-state index in [1.165, 1.54) is 6.07 Å². The van der Waals surface area contributed by atoms with E-state index in [0.717, 1.165) is 24.0 Å². The van der Waals surface area contributed by atoms with Crippen LogP contribution in [0.4, 0.5) is 0 Å². The second kappa shape index (κ2) is 10.1. The Kier molecular flexibility index (Phi) is 7.00. The van der Waals surface area contributed by atoms with Crippen LogP contribution in [0.1, 0.15) is 53.0 Å². The predicted octanol–water partition coefficient (Wildman–Crippen LogP) is 4.01. The van der Waals surface area contributed by atoms with E-state index < -0.39 is 17.1 Å². The number of rotatable bonds is 8. The SMILES string of the molecule is COc1ccc(C(CC(=O)NC2CCc3cc(OC)c(OC)cc32)c2oc(C)cc(=O)c2O)cc1.